The maximum atomic E-state index is 12.4. The van der Waals surface area contributed by atoms with Crippen molar-refractivity contribution in [1.82, 2.24) is 9.88 Å². The molecule has 27 heavy (non-hydrogen) atoms. The minimum absolute atomic E-state index is 0.146. The first-order valence-corrected chi connectivity index (χ1v) is 10.0. The fourth-order valence-electron chi connectivity index (χ4n) is 2.90. The van der Waals surface area contributed by atoms with Crippen LogP contribution in [0.4, 0.5) is 0 Å². The fraction of sp³-hybridized carbons (Fsp3) is 0.273. The Morgan fingerprint density at radius 3 is 2.70 bits per heavy atom. The molecule has 0 atom stereocenters. The average Bonchev–Trinajstić information content (AvgIpc) is 2.71. The van der Waals surface area contributed by atoms with E-state index < -0.39 is 0 Å². The van der Waals surface area contributed by atoms with Crippen LogP contribution in [-0.4, -0.2) is 35.7 Å². The number of hydrogen-bond acceptors (Lipinski definition) is 4. The van der Waals surface area contributed by atoms with Gasteiger partial charge in [-0.3, -0.25) is 4.79 Å². The summed E-state index contributed by atoms with van der Waals surface area (Å²) in [6.45, 7) is 0.558. The first kappa shape index (κ1) is 19.2. The zero-order valence-electron chi connectivity index (χ0n) is 15.7. The van der Waals surface area contributed by atoms with Gasteiger partial charge in [-0.25, -0.2) is 4.98 Å². The lowest BCUT2D eigenvalue weighted by molar-refractivity contribution is -0.130. The molecular formula is C22H24N2O2S. The number of para-hydroxylation sites is 2. The molecule has 3 rings (SSSR count). The van der Waals surface area contributed by atoms with Gasteiger partial charge in [-0.1, -0.05) is 42.5 Å². The molecule has 1 amide bonds. The number of aromatic nitrogens is 1. The Labute approximate surface area is 164 Å². The van der Waals surface area contributed by atoms with Crippen molar-refractivity contribution < 1.29 is 9.53 Å². The normalized spacial score (nSPS) is 10.7. The van der Waals surface area contributed by atoms with Crippen molar-refractivity contribution in [3.63, 3.8) is 0 Å². The molecule has 3 aromatic rings. The van der Waals surface area contributed by atoms with Gasteiger partial charge in [0.1, 0.15) is 5.75 Å². The van der Waals surface area contributed by atoms with E-state index in [1.165, 1.54) is 0 Å². The number of thioether (sulfide) groups is 1. The average molecular weight is 381 g/mol. The number of rotatable bonds is 8. The van der Waals surface area contributed by atoms with Crippen LogP contribution in [0, 0.1) is 0 Å². The first-order valence-electron chi connectivity index (χ1n) is 9.02. The third-order valence-corrected chi connectivity index (χ3v) is 5.40. The van der Waals surface area contributed by atoms with E-state index in [4.69, 9.17) is 4.74 Å². The first-order chi connectivity index (χ1) is 13.2. The van der Waals surface area contributed by atoms with E-state index in [1.807, 2.05) is 55.6 Å². The summed E-state index contributed by atoms with van der Waals surface area (Å²) in [6, 6.07) is 20.0. The van der Waals surface area contributed by atoms with Crippen LogP contribution in [0.5, 0.6) is 5.75 Å². The predicted octanol–water partition coefficient (Wildman–Crippen LogP) is 4.77. The lowest BCUT2D eigenvalue weighted by Crippen LogP contribution is -2.26. The van der Waals surface area contributed by atoms with Gasteiger partial charge in [0.15, 0.2) is 0 Å². The molecular weight excluding hydrogens is 356 g/mol. The number of hydrogen-bond donors (Lipinski definition) is 0. The number of carbonyl (C=O) groups excluding carboxylic acids is 1. The second-order valence-corrected chi connectivity index (χ2v) is 7.47. The monoisotopic (exact) mass is 380 g/mol. The maximum Gasteiger partial charge on any atom is 0.222 e. The number of fused-ring (bicyclic) bond motifs is 1. The van der Waals surface area contributed by atoms with Crippen molar-refractivity contribution in [2.75, 3.05) is 19.9 Å². The summed E-state index contributed by atoms with van der Waals surface area (Å²) in [4.78, 5) is 18.8. The number of methoxy groups -OCH3 is 1. The molecule has 0 saturated carbocycles. The molecule has 0 spiro atoms. The highest BCUT2D eigenvalue weighted by atomic mass is 32.2. The van der Waals surface area contributed by atoms with Gasteiger partial charge in [-0.15, -0.1) is 11.8 Å². The predicted molar refractivity (Wildman–Crippen MR) is 111 cm³/mol. The Balaban J connectivity index is 1.45. The van der Waals surface area contributed by atoms with Crippen LogP contribution >= 0.6 is 11.8 Å². The standard InChI is InChI=1S/C22H24N2O2S/c1-24(16-18-9-4-6-11-20(18)26-2)22(25)12-7-15-27-21-14-13-17-8-3-5-10-19(17)23-21/h3-6,8-11,13-14H,7,12,15-16H2,1-2H3. The van der Waals surface area contributed by atoms with Crippen LogP contribution in [0.25, 0.3) is 10.9 Å². The van der Waals surface area contributed by atoms with Crippen molar-refractivity contribution in [3.8, 4) is 5.75 Å². The van der Waals surface area contributed by atoms with Gasteiger partial charge in [0, 0.05) is 31.0 Å². The van der Waals surface area contributed by atoms with E-state index in [2.05, 4.69) is 17.1 Å². The van der Waals surface area contributed by atoms with Crippen molar-refractivity contribution in [2.24, 2.45) is 0 Å². The van der Waals surface area contributed by atoms with E-state index in [1.54, 1.807) is 23.8 Å². The minimum Gasteiger partial charge on any atom is -0.496 e. The third kappa shape index (κ3) is 5.23. The van der Waals surface area contributed by atoms with Gasteiger partial charge < -0.3 is 9.64 Å². The number of carbonyl (C=O) groups is 1. The number of nitrogens with zero attached hydrogens (tertiary/aromatic N) is 2. The van der Waals surface area contributed by atoms with Gasteiger partial charge in [-0.05, 0) is 30.4 Å². The quantitative estimate of drug-likeness (QED) is 0.417. The van der Waals surface area contributed by atoms with E-state index in [-0.39, 0.29) is 5.91 Å². The van der Waals surface area contributed by atoms with E-state index in [0.717, 1.165) is 39.4 Å². The number of ether oxygens (including phenoxy) is 1. The maximum absolute atomic E-state index is 12.4. The number of benzene rings is 2. The Hall–Kier alpha value is -2.53. The van der Waals surface area contributed by atoms with Crippen molar-refractivity contribution in [2.45, 2.75) is 24.4 Å². The zero-order chi connectivity index (χ0) is 19.1. The summed E-state index contributed by atoms with van der Waals surface area (Å²) in [7, 11) is 3.49. The highest BCUT2D eigenvalue weighted by Crippen LogP contribution is 2.22. The van der Waals surface area contributed by atoms with E-state index >= 15 is 0 Å². The van der Waals surface area contributed by atoms with Gasteiger partial charge in [0.05, 0.1) is 17.7 Å². The summed E-state index contributed by atoms with van der Waals surface area (Å²) in [5.74, 6) is 1.84. The molecule has 1 heterocycles. The lowest BCUT2D eigenvalue weighted by atomic mass is 10.2. The summed E-state index contributed by atoms with van der Waals surface area (Å²) >= 11 is 1.70. The second-order valence-electron chi connectivity index (χ2n) is 6.36. The lowest BCUT2D eigenvalue weighted by Gasteiger charge is -2.18. The van der Waals surface area contributed by atoms with Gasteiger partial charge in [0.25, 0.3) is 0 Å². The molecule has 0 unspecified atom stereocenters. The number of amides is 1. The molecule has 0 fully saturated rings. The van der Waals surface area contributed by atoms with Crippen LogP contribution in [0.3, 0.4) is 0 Å². The molecule has 0 aliphatic rings. The van der Waals surface area contributed by atoms with Crippen LogP contribution in [-0.2, 0) is 11.3 Å². The Morgan fingerprint density at radius 2 is 1.85 bits per heavy atom. The number of pyridine rings is 1. The Morgan fingerprint density at radius 1 is 1.07 bits per heavy atom. The summed E-state index contributed by atoms with van der Waals surface area (Å²) in [5, 5.41) is 2.15. The molecule has 5 heteroatoms. The SMILES string of the molecule is COc1ccccc1CN(C)C(=O)CCCSc1ccc2ccccc2n1. The van der Waals surface area contributed by atoms with Crippen molar-refractivity contribution in [3.05, 3.63) is 66.2 Å². The highest BCUT2D eigenvalue weighted by molar-refractivity contribution is 7.99. The largest absolute Gasteiger partial charge is 0.496 e. The Kier molecular flexibility index (Phi) is 6.71. The van der Waals surface area contributed by atoms with Gasteiger partial charge in [0.2, 0.25) is 5.91 Å². The Bertz CT molecular complexity index is 913. The molecule has 4 nitrogen and oxygen atoms in total. The van der Waals surface area contributed by atoms with Gasteiger partial charge >= 0.3 is 0 Å². The molecule has 0 aliphatic carbocycles. The fourth-order valence-corrected chi connectivity index (χ4v) is 3.72. The third-order valence-electron chi connectivity index (χ3n) is 4.38. The topological polar surface area (TPSA) is 42.4 Å². The van der Waals surface area contributed by atoms with Crippen LogP contribution in [0.2, 0.25) is 0 Å². The molecule has 140 valence electrons. The minimum atomic E-state index is 0.146. The van der Waals surface area contributed by atoms with Gasteiger partial charge in [-0.2, -0.15) is 0 Å². The molecule has 0 saturated heterocycles. The summed E-state index contributed by atoms with van der Waals surface area (Å²) in [6.07, 6.45) is 1.36. The van der Waals surface area contributed by atoms with Crippen LogP contribution in [0.1, 0.15) is 18.4 Å². The molecule has 0 bridgehead atoms. The molecule has 0 N–H and O–H groups in total. The van der Waals surface area contributed by atoms with Crippen LogP contribution < -0.4 is 4.74 Å². The molecule has 2 aromatic carbocycles. The smallest absolute Gasteiger partial charge is 0.222 e. The summed E-state index contributed by atoms with van der Waals surface area (Å²) < 4.78 is 5.36. The van der Waals surface area contributed by atoms with E-state index in [0.29, 0.717) is 13.0 Å². The summed E-state index contributed by atoms with van der Waals surface area (Å²) in [5.41, 5.74) is 2.03. The van der Waals surface area contributed by atoms with Crippen molar-refractivity contribution >= 4 is 28.6 Å². The molecule has 0 aliphatic heterocycles. The molecule has 1 aromatic heterocycles. The zero-order valence-corrected chi connectivity index (χ0v) is 16.5. The van der Waals surface area contributed by atoms with Crippen LogP contribution in [0.15, 0.2) is 65.7 Å². The molecule has 0 radical (unpaired) electrons. The highest BCUT2D eigenvalue weighted by Gasteiger charge is 2.11. The second kappa shape index (κ2) is 9.42. The van der Waals surface area contributed by atoms with Crippen molar-refractivity contribution in [1.29, 1.82) is 0 Å². The van der Waals surface area contributed by atoms with E-state index in [9.17, 15) is 4.79 Å².